The zero-order chi connectivity index (χ0) is 9.26. The second-order valence-corrected chi connectivity index (χ2v) is 3.45. The molecule has 1 aromatic carbocycles. The SMILES string of the molecule is [C]#CC(C)C1C=Cc2ccccc21. The van der Waals surface area contributed by atoms with Crippen LogP contribution >= 0.6 is 0 Å². The highest BCUT2D eigenvalue weighted by Gasteiger charge is 2.20. The van der Waals surface area contributed by atoms with Crippen LogP contribution in [0, 0.1) is 18.3 Å². The average Bonchev–Trinajstić information content (AvgIpc) is 2.60. The second-order valence-electron chi connectivity index (χ2n) is 3.45. The fourth-order valence-corrected chi connectivity index (χ4v) is 1.80. The molecule has 2 atom stereocenters. The molecule has 0 spiro atoms. The average molecular weight is 167 g/mol. The molecule has 0 heteroatoms. The topological polar surface area (TPSA) is 0 Å². The van der Waals surface area contributed by atoms with E-state index < -0.39 is 0 Å². The van der Waals surface area contributed by atoms with E-state index in [9.17, 15) is 0 Å². The summed E-state index contributed by atoms with van der Waals surface area (Å²) in [6.45, 7) is 2.03. The fourth-order valence-electron chi connectivity index (χ4n) is 1.80. The Kier molecular flexibility index (Phi) is 1.94. The van der Waals surface area contributed by atoms with Gasteiger partial charge in [-0.15, -0.1) is 0 Å². The lowest BCUT2D eigenvalue weighted by Crippen LogP contribution is -2.02. The zero-order valence-corrected chi connectivity index (χ0v) is 7.62. The summed E-state index contributed by atoms with van der Waals surface area (Å²) in [5, 5.41) is 0. The Morgan fingerprint density at radius 2 is 2.15 bits per heavy atom. The summed E-state index contributed by atoms with van der Waals surface area (Å²) in [6, 6.07) is 8.34. The number of rotatable bonds is 1. The molecule has 0 fully saturated rings. The Bertz CT molecular complexity index is 379. The second kappa shape index (κ2) is 3.11. The van der Waals surface area contributed by atoms with Gasteiger partial charge in [0.05, 0.1) is 0 Å². The smallest absolute Gasteiger partial charge is 0.0288 e. The molecule has 0 saturated heterocycles. The maximum absolute atomic E-state index is 7.13. The summed E-state index contributed by atoms with van der Waals surface area (Å²) in [5.41, 5.74) is 2.62. The lowest BCUT2D eigenvalue weighted by molar-refractivity contribution is 0.672. The highest BCUT2D eigenvalue weighted by atomic mass is 14.2. The van der Waals surface area contributed by atoms with Crippen LogP contribution in [0.5, 0.6) is 0 Å². The maximum Gasteiger partial charge on any atom is 0.0288 e. The Hall–Kier alpha value is -1.48. The van der Waals surface area contributed by atoms with E-state index in [0.717, 1.165) is 0 Å². The van der Waals surface area contributed by atoms with Crippen molar-refractivity contribution in [1.29, 1.82) is 0 Å². The molecule has 1 radical (unpaired) electrons. The Morgan fingerprint density at radius 3 is 2.92 bits per heavy atom. The van der Waals surface area contributed by atoms with E-state index in [1.165, 1.54) is 11.1 Å². The standard InChI is InChI=1S/C13H11/c1-3-10(2)12-9-8-11-6-4-5-7-13(11)12/h4-10,12H,2H3. The van der Waals surface area contributed by atoms with Gasteiger partial charge in [0.15, 0.2) is 0 Å². The van der Waals surface area contributed by atoms with E-state index in [0.29, 0.717) is 5.92 Å². The minimum atomic E-state index is 0.180. The maximum atomic E-state index is 7.13. The molecule has 0 N–H and O–H groups in total. The van der Waals surface area contributed by atoms with Crippen LogP contribution in [0.2, 0.25) is 0 Å². The summed E-state index contributed by atoms with van der Waals surface area (Å²) in [6.07, 6.45) is 11.4. The van der Waals surface area contributed by atoms with Crippen molar-refractivity contribution in [1.82, 2.24) is 0 Å². The van der Waals surface area contributed by atoms with Gasteiger partial charge in [-0.05, 0) is 17.6 Å². The molecule has 0 amide bonds. The molecule has 0 saturated carbocycles. The van der Waals surface area contributed by atoms with Gasteiger partial charge >= 0.3 is 0 Å². The number of fused-ring (bicyclic) bond motifs is 1. The van der Waals surface area contributed by atoms with E-state index in [4.69, 9.17) is 6.42 Å². The quantitative estimate of drug-likeness (QED) is 0.564. The van der Waals surface area contributed by atoms with Crippen LogP contribution < -0.4 is 0 Å². The summed E-state index contributed by atoms with van der Waals surface area (Å²) in [7, 11) is 0. The van der Waals surface area contributed by atoms with E-state index in [-0.39, 0.29) is 5.92 Å². The monoisotopic (exact) mass is 167 g/mol. The van der Waals surface area contributed by atoms with Crippen molar-refractivity contribution in [3.8, 4) is 5.92 Å². The van der Waals surface area contributed by atoms with Crippen LogP contribution in [0.15, 0.2) is 30.3 Å². The van der Waals surface area contributed by atoms with Gasteiger partial charge in [-0.2, -0.15) is 0 Å². The third-order valence-corrected chi connectivity index (χ3v) is 2.60. The van der Waals surface area contributed by atoms with Crippen molar-refractivity contribution in [2.24, 2.45) is 5.92 Å². The van der Waals surface area contributed by atoms with Crippen LogP contribution in [0.3, 0.4) is 0 Å². The van der Waals surface area contributed by atoms with E-state index in [2.05, 4.69) is 36.3 Å². The van der Waals surface area contributed by atoms with Gasteiger partial charge in [0, 0.05) is 11.8 Å². The lowest BCUT2D eigenvalue weighted by Gasteiger charge is -2.13. The minimum Gasteiger partial charge on any atom is -0.0850 e. The van der Waals surface area contributed by atoms with Crippen molar-refractivity contribution >= 4 is 6.08 Å². The fraction of sp³-hybridized carbons (Fsp3) is 0.231. The van der Waals surface area contributed by atoms with Crippen LogP contribution in [0.4, 0.5) is 0 Å². The van der Waals surface area contributed by atoms with Crippen molar-refractivity contribution in [2.75, 3.05) is 0 Å². The van der Waals surface area contributed by atoms with Gasteiger partial charge < -0.3 is 0 Å². The van der Waals surface area contributed by atoms with Crippen molar-refractivity contribution in [3.05, 3.63) is 47.9 Å². The molecule has 1 aliphatic rings. The van der Waals surface area contributed by atoms with Crippen molar-refractivity contribution in [3.63, 3.8) is 0 Å². The molecular formula is C13H11. The van der Waals surface area contributed by atoms with Crippen molar-refractivity contribution in [2.45, 2.75) is 12.8 Å². The summed E-state index contributed by atoms with van der Waals surface area (Å²) in [4.78, 5) is 0. The summed E-state index contributed by atoms with van der Waals surface area (Å²) in [5.74, 6) is 3.08. The van der Waals surface area contributed by atoms with Crippen LogP contribution in [-0.2, 0) is 0 Å². The van der Waals surface area contributed by atoms with Crippen LogP contribution in [0.1, 0.15) is 24.0 Å². The van der Waals surface area contributed by atoms with Crippen LogP contribution in [0.25, 0.3) is 6.08 Å². The summed E-state index contributed by atoms with van der Waals surface area (Å²) < 4.78 is 0. The van der Waals surface area contributed by atoms with Gasteiger partial charge in [0.2, 0.25) is 0 Å². The largest absolute Gasteiger partial charge is 0.0850 e. The Morgan fingerprint density at radius 1 is 1.38 bits per heavy atom. The molecule has 0 aromatic heterocycles. The highest BCUT2D eigenvalue weighted by molar-refractivity contribution is 5.62. The first-order valence-corrected chi connectivity index (χ1v) is 4.52. The molecule has 0 nitrogen and oxygen atoms in total. The number of hydrogen-bond acceptors (Lipinski definition) is 0. The Balaban J connectivity index is 2.40. The molecule has 13 heavy (non-hydrogen) atoms. The van der Waals surface area contributed by atoms with Crippen molar-refractivity contribution < 1.29 is 0 Å². The molecule has 0 aliphatic heterocycles. The molecule has 0 heterocycles. The first kappa shape index (κ1) is 8.13. The first-order valence-electron chi connectivity index (χ1n) is 4.52. The van der Waals surface area contributed by atoms with Gasteiger partial charge in [-0.1, -0.05) is 49.3 Å². The number of benzene rings is 1. The van der Waals surface area contributed by atoms with E-state index >= 15 is 0 Å². The molecule has 63 valence electrons. The lowest BCUT2D eigenvalue weighted by atomic mass is 9.90. The molecule has 0 bridgehead atoms. The van der Waals surface area contributed by atoms with Gasteiger partial charge in [-0.25, -0.2) is 0 Å². The summed E-state index contributed by atoms with van der Waals surface area (Å²) >= 11 is 0. The molecular weight excluding hydrogens is 156 g/mol. The third kappa shape index (κ3) is 1.27. The minimum absolute atomic E-state index is 0.180. The van der Waals surface area contributed by atoms with E-state index in [1.807, 2.05) is 13.0 Å². The number of allylic oxidation sites excluding steroid dienone is 1. The highest BCUT2D eigenvalue weighted by Crippen LogP contribution is 2.34. The van der Waals surface area contributed by atoms with E-state index in [1.54, 1.807) is 0 Å². The van der Waals surface area contributed by atoms with Gasteiger partial charge in [0.25, 0.3) is 0 Å². The van der Waals surface area contributed by atoms with Gasteiger partial charge in [0.1, 0.15) is 0 Å². The molecule has 1 aromatic rings. The predicted molar refractivity (Wildman–Crippen MR) is 54.5 cm³/mol. The normalized spacial score (nSPS) is 20.8. The first-order chi connectivity index (χ1) is 6.33. The number of hydrogen-bond donors (Lipinski definition) is 0. The predicted octanol–water partition coefficient (Wildman–Crippen LogP) is 3.02. The van der Waals surface area contributed by atoms with Crippen LogP contribution in [-0.4, -0.2) is 0 Å². The molecule has 2 rings (SSSR count). The van der Waals surface area contributed by atoms with Gasteiger partial charge in [-0.3, -0.25) is 0 Å². The molecule has 1 aliphatic carbocycles. The Labute approximate surface area is 79.3 Å². The third-order valence-electron chi connectivity index (χ3n) is 2.60. The zero-order valence-electron chi connectivity index (χ0n) is 7.62. The molecule has 2 unspecified atom stereocenters.